The summed E-state index contributed by atoms with van der Waals surface area (Å²) in [5.41, 5.74) is 1.23. The molecule has 102 valence electrons. The van der Waals surface area contributed by atoms with Gasteiger partial charge in [-0.25, -0.2) is 18.8 Å². The highest BCUT2D eigenvalue weighted by molar-refractivity contribution is 6.25. The van der Waals surface area contributed by atoms with Crippen LogP contribution < -0.4 is 5.32 Å². The number of nitrogens with zero attached hydrogens (tertiary/aromatic N) is 3. The second-order valence-electron chi connectivity index (χ2n) is 4.00. The average Bonchev–Trinajstić information content (AvgIpc) is 2.58. The van der Waals surface area contributed by atoms with E-state index in [1.165, 1.54) is 17.9 Å². The SMILES string of the molecule is C\C=N/C(=N\C=C\Cl)NC[C@H]1N(C)CCC1(F)F. The van der Waals surface area contributed by atoms with Crippen molar-refractivity contribution in [1.29, 1.82) is 0 Å². The second kappa shape index (κ2) is 6.80. The zero-order valence-corrected chi connectivity index (χ0v) is 11.2. The molecule has 0 aromatic rings. The van der Waals surface area contributed by atoms with Gasteiger partial charge in [-0.3, -0.25) is 4.90 Å². The second-order valence-corrected chi connectivity index (χ2v) is 4.26. The molecule has 1 heterocycles. The Balaban J connectivity index is 2.62. The number of alkyl halides is 2. The zero-order chi connectivity index (χ0) is 13.6. The van der Waals surface area contributed by atoms with E-state index in [4.69, 9.17) is 11.6 Å². The van der Waals surface area contributed by atoms with Crippen LogP contribution in [0, 0.1) is 0 Å². The number of hydrogen-bond donors (Lipinski definition) is 1. The molecule has 0 aromatic carbocycles. The van der Waals surface area contributed by atoms with Gasteiger partial charge >= 0.3 is 0 Å². The van der Waals surface area contributed by atoms with E-state index in [-0.39, 0.29) is 18.9 Å². The molecule has 0 saturated carbocycles. The summed E-state index contributed by atoms with van der Waals surface area (Å²) < 4.78 is 27.1. The van der Waals surface area contributed by atoms with E-state index < -0.39 is 12.0 Å². The quantitative estimate of drug-likeness (QED) is 0.634. The van der Waals surface area contributed by atoms with E-state index in [2.05, 4.69) is 15.3 Å². The van der Waals surface area contributed by atoms with Gasteiger partial charge in [0.25, 0.3) is 5.92 Å². The van der Waals surface area contributed by atoms with Crippen molar-refractivity contribution in [3.8, 4) is 0 Å². The Hall–Kier alpha value is -1.01. The number of rotatable bonds is 3. The molecule has 1 aliphatic heterocycles. The van der Waals surface area contributed by atoms with Gasteiger partial charge in [-0.15, -0.1) is 0 Å². The molecule has 0 bridgehead atoms. The maximum Gasteiger partial charge on any atom is 0.266 e. The van der Waals surface area contributed by atoms with E-state index in [0.29, 0.717) is 6.54 Å². The molecule has 0 spiro atoms. The Morgan fingerprint density at radius 1 is 1.61 bits per heavy atom. The van der Waals surface area contributed by atoms with Crippen molar-refractivity contribution < 1.29 is 8.78 Å². The number of guanidine groups is 1. The molecule has 1 saturated heterocycles. The van der Waals surface area contributed by atoms with E-state index >= 15 is 0 Å². The highest BCUT2D eigenvalue weighted by Crippen LogP contribution is 2.32. The van der Waals surface area contributed by atoms with Gasteiger partial charge in [0, 0.05) is 37.5 Å². The van der Waals surface area contributed by atoms with Crippen LogP contribution in [0.3, 0.4) is 0 Å². The number of nitrogens with one attached hydrogen (secondary N) is 1. The normalized spacial score (nSPS) is 25.4. The first-order valence-electron chi connectivity index (χ1n) is 5.65. The van der Waals surface area contributed by atoms with Crippen LogP contribution >= 0.6 is 11.6 Å². The molecule has 0 aromatic heterocycles. The molecule has 7 heteroatoms. The predicted octanol–water partition coefficient (Wildman–Crippen LogP) is 2.07. The monoisotopic (exact) mass is 278 g/mol. The molecule has 0 unspecified atom stereocenters. The first-order valence-corrected chi connectivity index (χ1v) is 6.08. The average molecular weight is 279 g/mol. The fraction of sp³-hybridized carbons (Fsp3) is 0.636. The maximum absolute atomic E-state index is 13.6. The minimum atomic E-state index is -2.68. The maximum atomic E-state index is 13.6. The van der Waals surface area contributed by atoms with Crippen molar-refractivity contribution in [3.63, 3.8) is 0 Å². The van der Waals surface area contributed by atoms with Gasteiger partial charge < -0.3 is 5.32 Å². The lowest BCUT2D eigenvalue weighted by Gasteiger charge is -2.24. The summed E-state index contributed by atoms with van der Waals surface area (Å²) in [7, 11) is 1.69. The van der Waals surface area contributed by atoms with Crippen LogP contribution in [0.5, 0.6) is 0 Å². The molecule has 1 N–H and O–H groups in total. The van der Waals surface area contributed by atoms with Crippen LogP contribution in [0.2, 0.25) is 0 Å². The highest BCUT2D eigenvalue weighted by atomic mass is 35.5. The minimum Gasteiger partial charge on any atom is -0.352 e. The molecular weight excluding hydrogens is 262 g/mol. The van der Waals surface area contributed by atoms with Crippen molar-refractivity contribution >= 4 is 23.8 Å². The Morgan fingerprint density at radius 3 is 2.83 bits per heavy atom. The molecule has 1 atom stereocenters. The van der Waals surface area contributed by atoms with Gasteiger partial charge in [0.15, 0.2) is 0 Å². The van der Waals surface area contributed by atoms with Crippen molar-refractivity contribution in [2.45, 2.75) is 25.3 Å². The predicted molar refractivity (Wildman–Crippen MR) is 70.6 cm³/mol. The summed E-state index contributed by atoms with van der Waals surface area (Å²) in [5.74, 6) is -2.41. The summed E-state index contributed by atoms with van der Waals surface area (Å²) in [4.78, 5) is 9.47. The van der Waals surface area contributed by atoms with E-state index in [9.17, 15) is 8.78 Å². The Morgan fingerprint density at radius 2 is 2.33 bits per heavy atom. The fourth-order valence-electron chi connectivity index (χ4n) is 1.81. The van der Waals surface area contributed by atoms with Crippen LogP contribution in [0.25, 0.3) is 0 Å². The Kier molecular flexibility index (Phi) is 5.68. The molecule has 4 nitrogen and oxygen atoms in total. The third kappa shape index (κ3) is 4.03. The number of hydrogen-bond acceptors (Lipinski definition) is 2. The molecular formula is C11H17ClF2N4. The van der Waals surface area contributed by atoms with E-state index in [1.807, 2.05) is 0 Å². The van der Waals surface area contributed by atoms with Gasteiger partial charge in [-0.1, -0.05) is 11.6 Å². The van der Waals surface area contributed by atoms with Gasteiger partial charge in [-0.2, -0.15) is 0 Å². The molecule has 0 radical (unpaired) electrons. The van der Waals surface area contributed by atoms with Gasteiger partial charge in [-0.05, 0) is 14.0 Å². The molecule has 0 amide bonds. The van der Waals surface area contributed by atoms with Crippen molar-refractivity contribution in [2.24, 2.45) is 9.98 Å². The molecule has 1 fully saturated rings. The lowest BCUT2D eigenvalue weighted by molar-refractivity contribution is -0.0267. The fourth-order valence-corrected chi connectivity index (χ4v) is 1.87. The Bertz CT molecular complexity index is 355. The van der Waals surface area contributed by atoms with Crippen LogP contribution in [0.15, 0.2) is 21.7 Å². The third-order valence-electron chi connectivity index (χ3n) is 2.78. The largest absolute Gasteiger partial charge is 0.352 e. The summed E-state index contributed by atoms with van der Waals surface area (Å²) in [6.45, 7) is 2.21. The molecule has 0 aliphatic carbocycles. The van der Waals surface area contributed by atoms with E-state index in [1.54, 1.807) is 18.9 Å². The topological polar surface area (TPSA) is 40.0 Å². The van der Waals surface area contributed by atoms with Crippen molar-refractivity contribution in [3.05, 3.63) is 11.7 Å². The van der Waals surface area contributed by atoms with Crippen LogP contribution in [0.1, 0.15) is 13.3 Å². The molecule has 1 aliphatic rings. The Labute approximate surface area is 110 Å². The lowest BCUT2D eigenvalue weighted by Crippen LogP contribution is -2.46. The van der Waals surface area contributed by atoms with Crippen molar-refractivity contribution in [1.82, 2.24) is 10.2 Å². The molecule has 18 heavy (non-hydrogen) atoms. The highest BCUT2D eigenvalue weighted by Gasteiger charge is 2.47. The number of likely N-dealkylation sites (tertiary alicyclic amines) is 1. The van der Waals surface area contributed by atoms with Gasteiger partial charge in [0.1, 0.15) is 0 Å². The van der Waals surface area contributed by atoms with Crippen LogP contribution in [0.4, 0.5) is 8.78 Å². The first-order chi connectivity index (χ1) is 8.51. The van der Waals surface area contributed by atoms with Crippen molar-refractivity contribution in [2.75, 3.05) is 20.1 Å². The number of aliphatic imine (C=N–C) groups is 2. The zero-order valence-electron chi connectivity index (χ0n) is 10.4. The first kappa shape index (κ1) is 15.0. The smallest absolute Gasteiger partial charge is 0.266 e. The van der Waals surface area contributed by atoms with Crippen LogP contribution in [-0.2, 0) is 0 Å². The number of halogens is 3. The summed E-state index contributed by atoms with van der Waals surface area (Å²) in [5, 5.41) is 2.80. The summed E-state index contributed by atoms with van der Waals surface area (Å²) >= 11 is 5.35. The molecule has 1 rings (SSSR count). The third-order valence-corrected chi connectivity index (χ3v) is 2.89. The summed E-state index contributed by atoms with van der Waals surface area (Å²) in [6, 6.07) is -0.838. The number of likely N-dealkylation sites (N-methyl/N-ethyl adjacent to an activating group) is 1. The standard InChI is InChI=1S/C11H17ClF2N4/c1-3-15-10(16-6-5-12)17-8-9-11(13,14)4-7-18(9)2/h3,5-6,9H,4,7-8H2,1-2H3,(H,16,17)/b6-5+,15-3-/t9-/m1/s1. The van der Waals surface area contributed by atoms with E-state index in [0.717, 1.165) is 0 Å². The van der Waals surface area contributed by atoms with Gasteiger partial charge in [0.05, 0.1) is 6.04 Å². The lowest BCUT2D eigenvalue weighted by atomic mass is 10.1. The van der Waals surface area contributed by atoms with Gasteiger partial charge in [0.2, 0.25) is 5.96 Å². The minimum absolute atomic E-state index is 0.0931. The summed E-state index contributed by atoms with van der Waals surface area (Å²) in [6.07, 6.45) is 2.76. The van der Waals surface area contributed by atoms with Crippen LogP contribution in [-0.4, -0.2) is 49.2 Å².